The molecule has 0 bridgehead atoms. The molecule has 34 heteroatoms. The molecule has 2 unspecified atom stereocenters. The van der Waals surface area contributed by atoms with Crippen molar-refractivity contribution >= 4 is 40.9 Å². The van der Waals surface area contributed by atoms with E-state index in [0.717, 1.165) is 0 Å². The van der Waals surface area contributed by atoms with Gasteiger partial charge in [0.2, 0.25) is 6.29 Å². The fourth-order valence-corrected chi connectivity index (χ4v) is 15.1. The maximum absolute atomic E-state index is 13.6. The van der Waals surface area contributed by atoms with Gasteiger partial charge >= 0.3 is 17.9 Å². The molecule has 10 heterocycles. The first-order valence-corrected chi connectivity index (χ1v) is 32.5. The van der Waals surface area contributed by atoms with Crippen LogP contribution in [0.15, 0.2) is 0 Å². The van der Waals surface area contributed by atoms with Crippen molar-refractivity contribution in [3.8, 4) is 11.5 Å². The molecule has 11 rings (SSSR count). The molecule has 0 aliphatic carbocycles. The molecular formula is C61H88Cl2O32. The van der Waals surface area contributed by atoms with Crippen LogP contribution in [0.2, 0.25) is 10.0 Å². The summed E-state index contributed by atoms with van der Waals surface area (Å²) in [5.74, 6) is -7.41. The van der Waals surface area contributed by atoms with Gasteiger partial charge in [-0.05, 0) is 61.0 Å². The van der Waals surface area contributed by atoms with Crippen LogP contribution in [0.5, 0.6) is 11.5 Å². The number of carbonyl (C=O) groups excluding carboxylic acids is 3. The second-order valence-electron chi connectivity index (χ2n) is 26.2. The van der Waals surface area contributed by atoms with Gasteiger partial charge in [-0.15, -0.1) is 0 Å². The number of esters is 2. The zero-order valence-electron chi connectivity index (χ0n) is 55.0. The molecule has 32 nitrogen and oxygen atoms in total. The predicted octanol–water partition coefficient (Wildman–Crippen LogP) is 1.05. The number of rotatable bonds is 18. The summed E-state index contributed by atoms with van der Waals surface area (Å²) >= 11 is 12.5. The minimum atomic E-state index is -2.13. The van der Waals surface area contributed by atoms with E-state index >= 15 is 0 Å². The van der Waals surface area contributed by atoms with E-state index in [1.54, 1.807) is 48.5 Å². The highest BCUT2D eigenvalue weighted by Crippen LogP contribution is 2.53. The highest BCUT2D eigenvalue weighted by atomic mass is 35.5. The third-order valence-electron chi connectivity index (χ3n) is 19.4. The Kier molecular flexibility index (Phi) is 21.9. The molecule has 6 N–H and O–H groups in total. The molecule has 0 amide bonds. The number of phenols is 1. The largest absolute Gasteiger partial charge is 0.505 e. The van der Waals surface area contributed by atoms with Crippen LogP contribution in [0.1, 0.15) is 97.5 Å². The van der Waals surface area contributed by atoms with Gasteiger partial charge in [-0.2, -0.15) is 0 Å². The number of hydrogen-bond donors (Lipinski definition) is 6. The van der Waals surface area contributed by atoms with Gasteiger partial charge in [0.15, 0.2) is 66.4 Å². The molecule has 95 heavy (non-hydrogen) atoms. The summed E-state index contributed by atoms with van der Waals surface area (Å²) in [7, 11) is 5.35. The van der Waals surface area contributed by atoms with Crippen LogP contribution in [0.3, 0.4) is 0 Å². The Morgan fingerprint density at radius 1 is 0.653 bits per heavy atom. The lowest BCUT2D eigenvalue weighted by Gasteiger charge is -2.49. The number of aliphatic hydroxyl groups is 5. The van der Waals surface area contributed by atoms with Crippen molar-refractivity contribution in [3.05, 3.63) is 21.2 Å². The first kappa shape index (κ1) is 73.2. The molecule has 1 aromatic carbocycles. The molecule has 31 atom stereocenters. The van der Waals surface area contributed by atoms with Crippen LogP contribution in [0, 0.1) is 12.8 Å². The molecule has 538 valence electrons. The maximum Gasteiger partial charge on any atom is 0.342 e. The number of hydrogen-bond acceptors (Lipinski definition) is 32. The van der Waals surface area contributed by atoms with E-state index < -0.39 is 218 Å². The Balaban J connectivity index is 0.722. The molecule has 1 aromatic rings. The molecule has 10 fully saturated rings. The molecule has 10 aliphatic heterocycles. The van der Waals surface area contributed by atoms with Gasteiger partial charge in [0, 0.05) is 34.2 Å². The van der Waals surface area contributed by atoms with Crippen LogP contribution in [-0.4, -0.2) is 286 Å². The van der Waals surface area contributed by atoms with Gasteiger partial charge in [-0.1, -0.05) is 37.0 Å². The fourth-order valence-electron chi connectivity index (χ4n) is 14.6. The SMILES string of the molecule is COC[C@H]1O[C@@H](OC2OC[C@H]3O[C@]4(O[C@@H]3[C@H]2OC(=O)C(C)C)O[C@H](C)[C@@](O)(C(C)=O)[C@H]2OCO[C@H]24)[C@@H](OC)[C@@H](O)[C@@H]1O[C@@H]1O[C@H](C)[C@H](OC)[C@H](O[C@H]2C[C@]3(C)OC4(C[C@@H](O)[C@H](O[C@H]5C[C@@H](O)[C@H](OC(=O)c6c(C)c(Cl)c(O)c(Cl)c6OC)[C@@H](C)O5)[C@@H](C)O4)O[C@@H]3[C@H](C)O2)[C@H]1O. The molecular weight excluding hydrogens is 1320 g/mol. The van der Waals surface area contributed by atoms with Crippen molar-refractivity contribution in [3.63, 3.8) is 0 Å². The number of methoxy groups -OCH3 is 4. The second kappa shape index (κ2) is 28.4. The van der Waals surface area contributed by atoms with Gasteiger partial charge in [0.05, 0.1) is 80.4 Å². The summed E-state index contributed by atoms with van der Waals surface area (Å²) in [5.41, 5.74) is -3.34. The van der Waals surface area contributed by atoms with E-state index in [1.807, 2.05) is 0 Å². The van der Waals surface area contributed by atoms with E-state index in [0.29, 0.717) is 0 Å². The Bertz CT molecular complexity index is 2890. The summed E-state index contributed by atoms with van der Waals surface area (Å²) in [5, 5.41) is 69.1. The number of carbonyl (C=O) groups is 3. The highest BCUT2D eigenvalue weighted by molar-refractivity contribution is 6.39. The van der Waals surface area contributed by atoms with E-state index in [2.05, 4.69) is 0 Å². The number of phenolic OH excluding ortho intramolecular Hbond substituents is 1. The van der Waals surface area contributed by atoms with Crippen LogP contribution in [0.4, 0.5) is 0 Å². The summed E-state index contributed by atoms with van der Waals surface area (Å²) in [6, 6.07) is 0. The van der Waals surface area contributed by atoms with Crippen molar-refractivity contribution in [2.45, 2.75) is 277 Å². The number of aromatic hydroxyl groups is 1. The fraction of sp³-hybridized carbons (Fsp3) is 0.852. The third-order valence-corrected chi connectivity index (χ3v) is 20.2. The van der Waals surface area contributed by atoms with Gasteiger partial charge < -0.3 is 140 Å². The topological polar surface area (TPSA) is 385 Å². The van der Waals surface area contributed by atoms with E-state index in [4.69, 9.17) is 132 Å². The summed E-state index contributed by atoms with van der Waals surface area (Å²) < 4.78 is 142. The summed E-state index contributed by atoms with van der Waals surface area (Å²) in [4.78, 5) is 39.8. The van der Waals surface area contributed by atoms with Crippen LogP contribution < -0.4 is 4.74 Å². The highest BCUT2D eigenvalue weighted by Gasteiger charge is 2.73. The van der Waals surface area contributed by atoms with Crippen LogP contribution in [0.25, 0.3) is 0 Å². The number of aliphatic hydroxyl groups excluding tert-OH is 4. The summed E-state index contributed by atoms with van der Waals surface area (Å²) in [6.45, 7) is 15.0. The smallest absolute Gasteiger partial charge is 0.342 e. The maximum atomic E-state index is 13.6. The van der Waals surface area contributed by atoms with E-state index in [9.17, 15) is 45.0 Å². The lowest BCUT2D eigenvalue weighted by molar-refractivity contribution is -0.428. The Hall–Kier alpha value is -2.99. The normalized spacial score (nSPS) is 47.3. The molecule has 2 spiro atoms. The minimum Gasteiger partial charge on any atom is -0.505 e. The standard InChI is InChI=1S/C61H88Cl2O32/c1-21(2)53(70)87-49-45-32(92-61(93-45)52-51(78-20-79-52)60(72,27(8)64)28(9)91-61)19-77-56(49)89-57-48(76-14)39(68)44(31(83-57)18-73-11)88-55-40(69)47(43(74-12)24(5)82-55)85-34-17-58(10)50(26(7)81-34)94-59(95-58)16-30(66)42(25(6)90-59)84-33-15-29(65)41(23(4)80-33)86-54(71)35-22(3)36(62)38(67)37(63)46(35)75-13/h21,23-26,28-34,39-45,47-52,55-57,65-69,72H,15-20H2,1-14H3/t23-,24-,25-,26+,28-,29-,30-,31-,32-,33+,34+,39+,40-,41-,42-,43+,44-,45+,47-,48+,49-,50-,51+,52-,55+,56?,57+,58+,59?,60+,61-/m1/s1. The molecule has 10 saturated heterocycles. The lowest BCUT2D eigenvalue weighted by Crippen LogP contribution is -2.72. The minimum absolute atomic E-state index is 0.00299. The van der Waals surface area contributed by atoms with Gasteiger partial charge in [-0.25, -0.2) is 4.79 Å². The number of Topliss-reactive ketones (excluding diaryl/α,β-unsaturated/α-hetero) is 1. The quantitative estimate of drug-likeness (QED) is 0.112. The van der Waals surface area contributed by atoms with Crippen molar-refractivity contribution in [1.82, 2.24) is 0 Å². The van der Waals surface area contributed by atoms with Crippen molar-refractivity contribution in [1.29, 1.82) is 0 Å². The monoisotopic (exact) mass is 1400 g/mol. The predicted molar refractivity (Wildman–Crippen MR) is 313 cm³/mol. The Morgan fingerprint density at radius 2 is 1.34 bits per heavy atom. The number of ether oxygens (including phenoxy) is 23. The second-order valence-corrected chi connectivity index (χ2v) is 27.0. The van der Waals surface area contributed by atoms with Crippen molar-refractivity contribution in [2.75, 3.05) is 48.4 Å². The molecule has 10 aliphatic rings. The first-order valence-electron chi connectivity index (χ1n) is 31.7. The molecule has 0 radical (unpaired) electrons. The average Bonchev–Trinajstić information content (AvgIpc) is 1.59. The Labute approximate surface area is 557 Å². The van der Waals surface area contributed by atoms with Crippen LogP contribution in [-0.2, 0) is 114 Å². The van der Waals surface area contributed by atoms with Gasteiger partial charge in [-0.3, -0.25) is 9.59 Å². The third kappa shape index (κ3) is 13.4. The molecule has 0 aromatic heterocycles. The Morgan fingerprint density at radius 3 is 1.99 bits per heavy atom. The first-order chi connectivity index (χ1) is 44.9. The van der Waals surface area contributed by atoms with E-state index in [1.165, 1.54) is 49.2 Å². The lowest BCUT2D eigenvalue weighted by atomic mass is 9.81. The van der Waals surface area contributed by atoms with Crippen LogP contribution >= 0.6 is 23.2 Å². The molecule has 0 saturated carbocycles. The number of ketones is 1. The number of fused-ring (bicyclic) bond motifs is 4. The number of benzene rings is 1. The average molecular weight is 1400 g/mol. The van der Waals surface area contributed by atoms with Gasteiger partial charge in [0.1, 0.15) is 96.2 Å². The van der Waals surface area contributed by atoms with Gasteiger partial charge in [0.25, 0.3) is 5.97 Å². The van der Waals surface area contributed by atoms with Crippen molar-refractivity contribution < 1.29 is 154 Å². The zero-order chi connectivity index (χ0) is 68.9. The zero-order valence-corrected chi connectivity index (χ0v) is 56.5. The van der Waals surface area contributed by atoms with Crippen molar-refractivity contribution in [2.24, 2.45) is 5.92 Å². The summed E-state index contributed by atoms with van der Waals surface area (Å²) in [6.07, 6.45) is -32.8. The number of halogens is 2. The van der Waals surface area contributed by atoms with E-state index in [-0.39, 0.29) is 66.2 Å².